The van der Waals surface area contributed by atoms with Crippen LogP contribution in [0, 0.1) is 0 Å². The van der Waals surface area contributed by atoms with E-state index in [0.717, 1.165) is 42.8 Å². The first-order chi connectivity index (χ1) is 12.7. The molecule has 0 unspecified atom stereocenters. The predicted molar refractivity (Wildman–Crippen MR) is 103 cm³/mol. The number of carbonyl (C=O) groups is 1. The molecule has 0 atom stereocenters. The summed E-state index contributed by atoms with van der Waals surface area (Å²) in [7, 11) is 0. The van der Waals surface area contributed by atoms with Crippen LogP contribution in [0.2, 0.25) is 0 Å². The number of hydrogen-bond acceptors (Lipinski definition) is 6. The van der Waals surface area contributed by atoms with E-state index in [2.05, 4.69) is 38.8 Å². The molecule has 0 aromatic carbocycles. The summed E-state index contributed by atoms with van der Waals surface area (Å²) in [6, 6.07) is 4.07. The highest BCUT2D eigenvalue weighted by atomic mass is 32.2. The van der Waals surface area contributed by atoms with Gasteiger partial charge in [-0.25, -0.2) is 0 Å². The number of amides is 1. The zero-order valence-corrected chi connectivity index (χ0v) is 16.3. The van der Waals surface area contributed by atoms with Gasteiger partial charge in [0.15, 0.2) is 5.16 Å². The van der Waals surface area contributed by atoms with Gasteiger partial charge >= 0.3 is 0 Å². The standard InChI is InChI=1S/C18H27N5O2S/c1-3-14(4-2)19-16(24)13-26-18-21-20-17(22-9-5-6-10-22)23(18)12-15-8-7-11-25-15/h7-8,11,14H,3-6,9-10,12-13H2,1-2H3,(H,19,24). The normalized spacial score (nSPS) is 14.3. The number of nitrogens with one attached hydrogen (secondary N) is 1. The number of furan rings is 1. The van der Waals surface area contributed by atoms with E-state index in [1.54, 1.807) is 6.26 Å². The van der Waals surface area contributed by atoms with E-state index in [1.807, 2.05) is 12.1 Å². The first-order valence-electron chi connectivity index (χ1n) is 9.34. The summed E-state index contributed by atoms with van der Waals surface area (Å²) < 4.78 is 7.56. The fourth-order valence-corrected chi connectivity index (χ4v) is 3.87. The molecule has 0 bridgehead atoms. The van der Waals surface area contributed by atoms with Crippen molar-refractivity contribution < 1.29 is 9.21 Å². The molecule has 0 radical (unpaired) electrons. The van der Waals surface area contributed by atoms with Crippen LogP contribution in [0.1, 0.15) is 45.3 Å². The Morgan fingerprint density at radius 1 is 1.31 bits per heavy atom. The van der Waals surface area contributed by atoms with Gasteiger partial charge in [-0.05, 0) is 37.8 Å². The maximum Gasteiger partial charge on any atom is 0.230 e. The highest BCUT2D eigenvalue weighted by molar-refractivity contribution is 7.99. The molecule has 2 aromatic heterocycles. The zero-order valence-electron chi connectivity index (χ0n) is 15.5. The smallest absolute Gasteiger partial charge is 0.230 e. The summed E-state index contributed by atoms with van der Waals surface area (Å²) in [4.78, 5) is 14.5. The van der Waals surface area contributed by atoms with Crippen molar-refractivity contribution in [1.82, 2.24) is 20.1 Å². The van der Waals surface area contributed by atoms with Crippen LogP contribution in [0.5, 0.6) is 0 Å². The number of rotatable bonds is 9. The lowest BCUT2D eigenvalue weighted by Gasteiger charge is -2.18. The third kappa shape index (κ3) is 4.60. The van der Waals surface area contributed by atoms with E-state index in [1.165, 1.54) is 24.6 Å². The number of hydrogen-bond donors (Lipinski definition) is 1. The quantitative estimate of drug-likeness (QED) is 0.677. The summed E-state index contributed by atoms with van der Waals surface area (Å²) in [5.41, 5.74) is 0. The topological polar surface area (TPSA) is 76.2 Å². The Kier molecular flexibility index (Phi) is 6.60. The van der Waals surface area contributed by atoms with Gasteiger partial charge in [0.05, 0.1) is 18.6 Å². The Balaban J connectivity index is 1.70. The minimum atomic E-state index is 0.0407. The van der Waals surface area contributed by atoms with Crippen molar-refractivity contribution in [2.24, 2.45) is 0 Å². The maximum absolute atomic E-state index is 12.2. The SMILES string of the molecule is CCC(CC)NC(=O)CSc1nnc(N2CCCC2)n1Cc1ccco1. The van der Waals surface area contributed by atoms with Gasteiger partial charge in [0.25, 0.3) is 0 Å². The average Bonchev–Trinajstić information content (AvgIpc) is 3.40. The van der Waals surface area contributed by atoms with E-state index in [4.69, 9.17) is 4.42 Å². The number of thioether (sulfide) groups is 1. The van der Waals surface area contributed by atoms with Crippen molar-refractivity contribution in [3.63, 3.8) is 0 Å². The fourth-order valence-electron chi connectivity index (χ4n) is 3.13. The average molecular weight is 378 g/mol. The van der Waals surface area contributed by atoms with Crippen LogP contribution in [0.4, 0.5) is 5.95 Å². The van der Waals surface area contributed by atoms with Crippen molar-refractivity contribution in [1.29, 1.82) is 0 Å². The Morgan fingerprint density at radius 3 is 2.73 bits per heavy atom. The Morgan fingerprint density at radius 2 is 2.08 bits per heavy atom. The molecule has 142 valence electrons. The minimum Gasteiger partial charge on any atom is -0.467 e. The van der Waals surface area contributed by atoms with Crippen LogP contribution in [-0.2, 0) is 11.3 Å². The van der Waals surface area contributed by atoms with E-state index in [-0.39, 0.29) is 11.9 Å². The van der Waals surface area contributed by atoms with Crippen molar-refractivity contribution in [3.05, 3.63) is 24.2 Å². The molecular formula is C18H27N5O2S. The molecule has 0 spiro atoms. The van der Waals surface area contributed by atoms with Crippen molar-refractivity contribution in [2.45, 2.75) is 57.3 Å². The highest BCUT2D eigenvalue weighted by Crippen LogP contribution is 2.25. The van der Waals surface area contributed by atoms with E-state index in [9.17, 15) is 4.79 Å². The van der Waals surface area contributed by atoms with Gasteiger partial charge in [-0.1, -0.05) is 25.6 Å². The molecule has 1 saturated heterocycles. The third-order valence-electron chi connectivity index (χ3n) is 4.66. The molecule has 3 heterocycles. The van der Waals surface area contributed by atoms with Crippen LogP contribution < -0.4 is 10.2 Å². The third-order valence-corrected chi connectivity index (χ3v) is 5.63. The minimum absolute atomic E-state index is 0.0407. The lowest BCUT2D eigenvalue weighted by atomic mass is 10.2. The second kappa shape index (κ2) is 9.12. The number of aromatic nitrogens is 3. The molecule has 2 aromatic rings. The van der Waals surface area contributed by atoms with Gasteiger partial charge < -0.3 is 14.6 Å². The lowest BCUT2D eigenvalue weighted by Crippen LogP contribution is -2.35. The largest absolute Gasteiger partial charge is 0.467 e. The van der Waals surface area contributed by atoms with E-state index >= 15 is 0 Å². The van der Waals surface area contributed by atoms with Gasteiger partial charge in [-0.15, -0.1) is 10.2 Å². The molecular weight excluding hydrogens is 350 g/mol. The molecule has 0 aliphatic carbocycles. The van der Waals surface area contributed by atoms with Crippen LogP contribution in [-0.4, -0.2) is 45.6 Å². The van der Waals surface area contributed by atoms with Gasteiger partial charge in [-0.2, -0.15) is 0 Å². The number of nitrogens with zero attached hydrogens (tertiary/aromatic N) is 4. The molecule has 3 rings (SSSR count). The molecule has 0 saturated carbocycles. The number of anilines is 1. The maximum atomic E-state index is 12.2. The summed E-state index contributed by atoms with van der Waals surface area (Å²) in [6.07, 6.45) is 5.91. The van der Waals surface area contributed by atoms with Gasteiger partial charge in [0, 0.05) is 19.1 Å². The first-order valence-corrected chi connectivity index (χ1v) is 10.3. The monoisotopic (exact) mass is 377 g/mol. The van der Waals surface area contributed by atoms with Crippen LogP contribution >= 0.6 is 11.8 Å². The van der Waals surface area contributed by atoms with Crippen LogP contribution in [0.25, 0.3) is 0 Å². The fraction of sp³-hybridized carbons (Fsp3) is 0.611. The molecule has 1 aliphatic heterocycles. The summed E-state index contributed by atoms with van der Waals surface area (Å²) in [5, 5.41) is 12.6. The van der Waals surface area contributed by atoms with Gasteiger partial charge in [0.2, 0.25) is 11.9 Å². The molecule has 8 heteroatoms. The molecule has 1 aliphatic rings. The molecule has 7 nitrogen and oxygen atoms in total. The second-order valence-electron chi connectivity index (χ2n) is 6.51. The van der Waals surface area contributed by atoms with Gasteiger partial charge in [-0.3, -0.25) is 9.36 Å². The highest BCUT2D eigenvalue weighted by Gasteiger charge is 2.22. The predicted octanol–water partition coefficient (Wildman–Crippen LogP) is 2.92. The second-order valence-corrected chi connectivity index (χ2v) is 7.45. The van der Waals surface area contributed by atoms with Crippen molar-refractivity contribution in [2.75, 3.05) is 23.7 Å². The molecule has 26 heavy (non-hydrogen) atoms. The number of carbonyl (C=O) groups excluding carboxylic acids is 1. The Labute approximate surface area is 158 Å². The zero-order chi connectivity index (χ0) is 18.4. The van der Waals surface area contributed by atoms with E-state index in [0.29, 0.717) is 12.3 Å². The van der Waals surface area contributed by atoms with Crippen LogP contribution in [0.15, 0.2) is 28.0 Å². The lowest BCUT2D eigenvalue weighted by molar-refractivity contribution is -0.119. The summed E-state index contributed by atoms with van der Waals surface area (Å²) in [5.74, 6) is 2.10. The molecule has 1 amide bonds. The van der Waals surface area contributed by atoms with Gasteiger partial charge in [0.1, 0.15) is 5.76 Å². The molecule has 1 N–H and O–H groups in total. The summed E-state index contributed by atoms with van der Waals surface area (Å²) >= 11 is 1.43. The van der Waals surface area contributed by atoms with Crippen molar-refractivity contribution in [3.8, 4) is 0 Å². The molecule has 1 fully saturated rings. The Hall–Kier alpha value is -1.96. The van der Waals surface area contributed by atoms with Crippen LogP contribution in [0.3, 0.4) is 0 Å². The first kappa shape index (κ1) is 18.8. The van der Waals surface area contributed by atoms with E-state index < -0.39 is 0 Å². The Bertz CT molecular complexity index is 691. The van der Waals surface area contributed by atoms with Crippen molar-refractivity contribution >= 4 is 23.6 Å². The summed E-state index contributed by atoms with van der Waals surface area (Å²) in [6.45, 7) is 6.74.